The smallest absolute Gasteiger partial charge is 0.255 e. The minimum Gasteiger partial charge on any atom is -0.255 e. The second-order valence-corrected chi connectivity index (χ2v) is 1.94. The summed E-state index contributed by atoms with van der Waals surface area (Å²) in [6.07, 6.45) is 0. The molecule has 0 atom stereocenters. The molecule has 0 N–H and O–H groups in total. The number of rotatable bonds is 1. The Labute approximate surface area is 63.9 Å². The van der Waals surface area contributed by atoms with Gasteiger partial charge in [0, 0.05) is 0 Å². The SMILES string of the molecule is CF.FC(F)(Cl)C(F)(F)Cl. The lowest BCUT2D eigenvalue weighted by Crippen LogP contribution is -2.28. The van der Waals surface area contributed by atoms with E-state index in [0.717, 1.165) is 0 Å². The van der Waals surface area contributed by atoms with E-state index in [0.29, 0.717) is 7.18 Å². The largest absolute Gasteiger partial charge is 0.398 e. The fraction of sp³-hybridized carbons (Fsp3) is 1.00. The van der Waals surface area contributed by atoms with Crippen LogP contribution in [0.4, 0.5) is 22.0 Å². The van der Waals surface area contributed by atoms with Gasteiger partial charge in [0.25, 0.3) is 0 Å². The third-order valence-corrected chi connectivity index (χ3v) is 0.893. The van der Waals surface area contributed by atoms with E-state index in [4.69, 9.17) is 0 Å². The van der Waals surface area contributed by atoms with Crippen molar-refractivity contribution >= 4 is 23.2 Å². The molecule has 0 nitrogen and oxygen atoms in total. The summed E-state index contributed by atoms with van der Waals surface area (Å²) in [6.45, 7) is 0. The first-order chi connectivity index (χ1) is 4.25. The zero-order chi connectivity index (χ0) is 9.00. The standard InChI is InChI=1S/C2Cl2F4.CH3F/c3-1(5,6)2(4,7)8;1-2/h;1H3. The quantitative estimate of drug-likeness (QED) is 0.455. The minimum absolute atomic E-state index is 0.500. The highest BCUT2D eigenvalue weighted by Gasteiger charge is 2.53. The summed E-state index contributed by atoms with van der Waals surface area (Å²) in [6, 6.07) is 0. The van der Waals surface area contributed by atoms with Crippen molar-refractivity contribution in [3.05, 3.63) is 0 Å². The van der Waals surface area contributed by atoms with Gasteiger partial charge in [-0.2, -0.15) is 17.6 Å². The summed E-state index contributed by atoms with van der Waals surface area (Å²) < 4.78 is 54.0. The molecule has 0 aromatic rings. The van der Waals surface area contributed by atoms with E-state index in [9.17, 15) is 22.0 Å². The molecule has 0 bridgehead atoms. The average molecular weight is 205 g/mol. The van der Waals surface area contributed by atoms with E-state index >= 15 is 0 Å². The monoisotopic (exact) mass is 204 g/mol. The van der Waals surface area contributed by atoms with Crippen LogP contribution in [0.5, 0.6) is 0 Å². The molecule has 0 unspecified atom stereocenters. The molecule has 7 heteroatoms. The zero-order valence-electron chi connectivity index (χ0n) is 4.65. The van der Waals surface area contributed by atoms with Gasteiger partial charge in [-0.05, 0) is 23.2 Å². The van der Waals surface area contributed by atoms with Gasteiger partial charge < -0.3 is 0 Å². The van der Waals surface area contributed by atoms with Crippen LogP contribution >= 0.6 is 23.2 Å². The third kappa shape index (κ3) is 5.05. The van der Waals surface area contributed by atoms with Crippen LogP contribution in [0.3, 0.4) is 0 Å². The van der Waals surface area contributed by atoms with Crippen LogP contribution in [-0.4, -0.2) is 17.9 Å². The molecule has 0 fully saturated rings. The van der Waals surface area contributed by atoms with Gasteiger partial charge in [-0.1, -0.05) is 0 Å². The van der Waals surface area contributed by atoms with E-state index in [1.54, 1.807) is 0 Å². The topological polar surface area (TPSA) is 0 Å². The fourth-order valence-corrected chi connectivity index (χ4v) is 0. The molecular weight excluding hydrogens is 202 g/mol. The highest BCUT2D eigenvalue weighted by Crippen LogP contribution is 2.40. The Morgan fingerprint density at radius 2 is 0.900 bits per heavy atom. The number of hydrogen-bond donors (Lipinski definition) is 0. The number of alkyl halides is 7. The van der Waals surface area contributed by atoms with Gasteiger partial charge in [0.15, 0.2) is 0 Å². The normalized spacial score (nSPS) is 12.0. The summed E-state index contributed by atoms with van der Waals surface area (Å²) in [5, 5.41) is -9.32. The first-order valence-electron chi connectivity index (χ1n) is 1.76. The molecule has 0 amide bonds. The third-order valence-electron chi connectivity index (χ3n) is 0.321. The van der Waals surface area contributed by atoms with Gasteiger partial charge in [-0.15, -0.1) is 0 Å². The van der Waals surface area contributed by atoms with Crippen molar-refractivity contribution in [3.8, 4) is 0 Å². The van der Waals surface area contributed by atoms with Crippen LogP contribution in [0.25, 0.3) is 0 Å². The average Bonchev–Trinajstić information content (AvgIpc) is 1.66. The highest BCUT2D eigenvalue weighted by atomic mass is 35.5. The molecule has 10 heavy (non-hydrogen) atoms. The maximum Gasteiger partial charge on any atom is 0.398 e. The van der Waals surface area contributed by atoms with E-state index in [1.807, 2.05) is 0 Å². The maximum absolute atomic E-state index is 11.1. The van der Waals surface area contributed by atoms with Gasteiger partial charge in [0.2, 0.25) is 0 Å². The highest BCUT2D eigenvalue weighted by molar-refractivity contribution is 6.31. The molecule has 0 aromatic carbocycles. The summed E-state index contributed by atoms with van der Waals surface area (Å²) in [7, 11) is 0.500. The molecular formula is C3H3Cl2F5. The second kappa shape index (κ2) is 4.18. The predicted molar refractivity (Wildman–Crippen MR) is 28.6 cm³/mol. The minimum atomic E-state index is -4.66. The van der Waals surface area contributed by atoms with Gasteiger partial charge in [0.05, 0.1) is 7.18 Å². The summed E-state index contributed by atoms with van der Waals surface area (Å²) in [4.78, 5) is 0. The summed E-state index contributed by atoms with van der Waals surface area (Å²) >= 11 is 7.59. The van der Waals surface area contributed by atoms with Crippen LogP contribution in [0.1, 0.15) is 0 Å². The van der Waals surface area contributed by atoms with Crippen LogP contribution < -0.4 is 0 Å². The number of hydrogen-bond acceptors (Lipinski definition) is 0. The molecule has 0 aromatic heterocycles. The lowest BCUT2D eigenvalue weighted by Gasteiger charge is -2.11. The lowest BCUT2D eigenvalue weighted by molar-refractivity contribution is -0.0960. The fourth-order valence-electron chi connectivity index (χ4n) is 0. The van der Waals surface area contributed by atoms with Gasteiger partial charge >= 0.3 is 10.8 Å². The predicted octanol–water partition coefficient (Wildman–Crippen LogP) is 3.24. The molecule has 0 spiro atoms. The molecule has 0 saturated carbocycles. The van der Waals surface area contributed by atoms with Crippen LogP contribution in [0.15, 0.2) is 0 Å². The van der Waals surface area contributed by atoms with Crippen LogP contribution in [-0.2, 0) is 0 Å². The van der Waals surface area contributed by atoms with E-state index < -0.39 is 10.8 Å². The van der Waals surface area contributed by atoms with Crippen molar-refractivity contribution in [1.29, 1.82) is 0 Å². The molecule has 0 saturated heterocycles. The first-order valence-corrected chi connectivity index (χ1v) is 2.52. The lowest BCUT2D eigenvalue weighted by atomic mass is 10.7. The Morgan fingerprint density at radius 3 is 0.900 bits per heavy atom. The summed E-state index contributed by atoms with van der Waals surface area (Å²) in [5.41, 5.74) is 0. The molecule has 0 aliphatic heterocycles. The zero-order valence-corrected chi connectivity index (χ0v) is 6.16. The Morgan fingerprint density at radius 1 is 0.800 bits per heavy atom. The first kappa shape index (κ1) is 12.9. The second-order valence-electron chi connectivity index (χ2n) is 0.996. The van der Waals surface area contributed by atoms with Crippen molar-refractivity contribution < 1.29 is 22.0 Å². The molecule has 0 radical (unpaired) electrons. The Hall–Kier alpha value is 0.230. The van der Waals surface area contributed by atoms with Gasteiger partial charge in [0.1, 0.15) is 0 Å². The van der Waals surface area contributed by atoms with Crippen molar-refractivity contribution in [2.24, 2.45) is 0 Å². The molecule has 0 aliphatic rings. The Balaban J connectivity index is 0. The molecule has 0 aliphatic carbocycles. The van der Waals surface area contributed by atoms with Gasteiger partial charge in [-0.25, -0.2) is 0 Å². The van der Waals surface area contributed by atoms with Crippen molar-refractivity contribution in [3.63, 3.8) is 0 Å². The van der Waals surface area contributed by atoms with Crippen molar-refractivity contribution in [2.45, 2.75) is 10.8 Å². The van der Waals surface area contributed by atoms with E-state index in [2.05, 4.69) is 23.2 Å². The van der Waals surface area contributed by atoms with E-state index in [1.165, 1.54) is 0 Å². The van der Waals surface area contributed by atoms with Crippen molar-refractivity contribution in [2.75, 3.05) is 7.18 Å². The van der Waals surface area contributed by atoms with Gasteiger partial charge in [-0.3, -0.25) is 4.39 Å². The maximum atomic E-state index is 11.1. The Bertz CT molecular complexity index is 69.9. The molecule has 0 heterocycles. The van der Waals surface area contributed by atoms with Crippen LogP contribution in [0.2, 0.25) is 0 Å². The Kier molecular flexibility index (Phi) is 5.38. The molecule has 64 valence electrons. The summed E-state index contributed by atoms with van der Waals surface area (Å²) in [5.74, 6) is 0. The van der Waals surface area contributed by atoms with Crippen molar-refractivity contribution in [1.82, 2.24) is 0 Å². The number of halogens is 7. The van der Waals surface area contributed by atoms with E-state index in [-0.39, 0.29) is 0 Å². The van der Waals surface area contributed by atoms with Crippen LogP contribution in [0, 0.1) is 0 Å². The molecule has 0 rings (SSSR count).